The summed E-state index contributed by atoms with van der Waals surface area (Å²) in [6.07, 6.45) is 0. The Balaban J connectivity index is 2.67. The summed E-state index contributed by atoms with van der Waals surface area (Å²) in [5.41, 5.74) is 7.25. The number of rotatable bonds is 5. The summed E-state index contributed by atoms with van der Waals surface area (Å²) in [7, 11) is 5.81. The Kier molecular flexibility index (Phi) is 5.12. The lowest BCUT2D eigenvalue weighted by molar-refractivity contribution is 0.0786. The zero-order chi connectivity index (χ0) is 12.8. The van der Waals surface area contributed by atoms with Gasteiger partial charge in [0.1, 0.15) is 0 Å². The molecule has 0 aliphatic rings. The largest absolute Gasteiger partial charge is 0.340 e. The van der Waals surface area contributed by atoms with Crippen LogP contribution in [0.15, 0.2) is 24.3 Å². The van der Waals surface area contributed by atoms with Gasteiger partial charge < -0.3 is 15.5 Å². The first kappa shape index (κ1) is 13.7. The van der Waals surface area contributed by atoms with Crippen molar-refractivity contribution in [3.8, 4) is 0 Å². The van der Waals surface area contributed by atoms with Crippen LogP contribution in [0.4, 0.5) is 0 Å². The van der Waals surface area contributed by atoms with Gasteiger partial charge in [-0.3, -0.25) is 4.79 Å². The van der Waals surface area contributed by atoms with E-state index in [1.54, 1.807) is 4.90 Å². The van der Waals surface area contributed by atoms with Crippen molar-refractivity contribution in [1.82, 2.24) is 9.80 Å². The number of nitrogens with zero attached hydrogens (tertiary/aromatic N) is 2. The summed E-state index contributed by atoms with van der Waals surface area (Å²) in [6, 6.07) is 7.48. The van der Waals surface area contributed by atoms with Gasteiger partial charge in [0.15, 0.2) is 0 Å². The number of hydrogen-bond donors (Lipinski definition) is 1. The summed E-state index contributed by atoms with van der Waals surface area (Å²) >= 11 is 0. The van der Waals surface area contributed by atoms with Gasteiger partial charge in [-0.25, -0.2) is 0 Å². The van der Waals surface area contributed by atoms with Gasteiger partial charge in [0, 0.05) is 32.2 Å². The van der Waals surface area contributed by atoms with Crippen LogP contribution in [-0.2, 0) is 6.54 Å². The molecule has 0 spiro atoms. The van der Waals surface area contributed by atoms with Crippen LogP contribution in [0, 0.1) is 0 Å². The molecule has 0 saturated carbocycles. The van der Waals surface area contributed by atoms with Gasteiger partial charge in [0.2, 0.25) is 0 Å². The topological polar surface area (TPSA) is 49.6 Å². The van der Waals surface area contributed by atoms with E-state index in [2.05, 4.69) is 4.90 Å². The number of carbonyl (C=O) groups is 1. The first-order valence-corrected chi connectivity index (χ1v) is 5.73. The van der Waals surface area contributed by atoms with E-state index in [0.717, 1.165) is 18.7 Å². The van der Waals surface area contributed by atoms with E-state index in [-0.39, 0.29) is 5.91 Å². The maximum atomic E-state index is 12.1. The van der Waals surface area contributed by atoms with Gasteiger partial charge in [-0.2, -0.15) is 0 Å². The van der Waals surface area contributed by atoms with Gasteiger partial charge in [0.05, 0.1) is 0 Å². The molecule has 1 aromatic rings. The fourth-order valence-corrected chi connectivity index (χ4v) is 1.50. The highest BCUT2D eigenvalue weighted by Crippen LogP contribution is 2.07. The molecule has 0 fully saturated rings. The van der Waals surface area contributed by atoms with Crippen molar-refractivity contribution in [3.63, 3.8) is 0 Å². The molecule has 0 aromatic heterocycles. The van der Waals surface area contributed by atoms with Crippen molar-refractivity contribution in [1.29, 1.82) is 0 Å². The second-order valence-electron chi connectivity index (χ2n) is 4.43. The fourth-order valence-electron chi connectivity index (χ4n) is 1.50. The lowest BCUT2D eigenvalue weighted by Crippen LogP contribution is -2.33. The number of nitrogens with two attached hydrogens (primary N) is 1. The molecule has 4 nitrogen and oxygen atoms in total. The molecule has 17 heavy (non-hydrogen) atoms. The van der Waals surface area contributed by atoms with Crippen molar-refractivity contribution < 1.29 is 4.79 Å². The lowest BCUT2D eigenvalue weighted by Gasteiger charge is -2.19. The minimum atomic E-state index is 0.0437. The van der Waals surface area contributed by atoms with E-state index < -0.39 is 0 Å². The van der Waals surface area contributed by atoms with Crippen LogP contribution in [0.2, 0.25) is 0 Å². The Bertz CT molecular complexity index is 377. The second kappa shape index (κ2) is 6.37. The van der Waals surface area contributed by atoms with Gasteiger partial charge in [-0.15, -0.1) is 0 Å². The highest BCUT2D eigenvalue weighted by Gasteiger charge is 2.11. The number of amides is 1. The minimum absolute atomic E-state index is 0.0437. The minimum Gasteiger partial charge on any atom is -0.340 e. The average Bonchev–Trinajstić information content (AvgIpc) is 2.35. The Morgan fingerprint density at radius 2 is 1.94 bits per heavy atom. The highest BCUT2D eigenvalue weighted by atomic mass is 16.2. The second-order valence-corrected chi connectivity index (χ2v) is 4.43. The van der Waals surface area contributed by atoms with Crippen molar-refractivity contribution in [2.24, 2.45) is 5.73 Å². The van der Waals surface area contributed by atoms with E-state index in [4.69, 9.17) is 5.73 Å². The fraction of sp³-hybridized carbons (Fsp3) is 0.462. The Labute approximate surface area is 103 Å². The molecule has 0 saturated heterocycles. The monoisotopic (exact) mass is 235 g/mol. The molecule has 1 rings (SSSR count). The molecule has 94 valence electrons. The van der Waals surface area contributed by atoms with Gasteiger partial charge in [-0.05, 0) is 31.8 Å². The Morgan fingerprint density at radius 1 is 1.24 bits per heavy atom. The normalized spacial score (nSPS) is 10.6. The van der Waals surface area contributed by atoms with E-state index >= 15 is 0 Å². The molecule has 0 heterocycles. The van der Waals surface area contributed by atoms with E-state index in [1.807, 2.05) is 45.4 Å². The average molecular weight is 235 g/mol. The van der Waals surface area contributed by atoms with Crippen LogP contribution >= 0.6 is 0 Å². The van der Waals surface area contributed by atoms with Crippen molar-refractivity contribution >= 4 is 5.91 Å². The number of benzene rings is 1. The van der Waals surface area contributed by atoms with Crippen LogP contribution in [-0.4, -0.2) is 49.9 Å². The summed E-state index contributed by atoms with van der Waals surface area (Å²) in [5, 5.41) is 0. The van der Waals surface area contributed by atoms with E-state index in [9.17, 15) is 4.79 Å². The van der Waals surface area contributed by atoms with Crippen LogP contribution in [0.3, 0.4) is 0 Å². The van der Waals surface area contributed by atoms with Crippen LogP contribution in [0.5, 0.6) is 0 Å². The number of hydrogen-bond acceptors (Lipinski definition) is 3. The Hall–Kier alpha value is -1.39. The zero-order valence-corrected chi connectivity index (χ0v) is 10.8. The molecule has 0 bridgehead atoms. The van der Waals surface area contributed by atoms with Gasteiger partial charge in [-0.1, -0.05) is 12.1 Å². The predicted octanol–water partition coefficient (Wildman–Crippen LogP) is 0.779. The summed E-state index contributed by atoms with van der Waals surface area (Å²) < 4.78 is 0. The molecule has 4 heteroatoms. The van der Waals surface area contributed by atoms with E-state index in [1.165, 1.54) is 0 Å². The standard InChI is InChI=1S/C13H21N3O/c1-15(2)7-8-16(3)13(17)12-6-4-5-11(9-12)10-14/h4-6,9H,7-8,10,14H2,1-3H3. The van der Waals surface area contributed by atoms with Crippen LogP contribution < -0.4 is 5.73 Å². The molecule has 0 atom stereocenters. The molecule has 0 aliphatic heterocycles. The molecule has 2 N–H and O–H groups in total. The number of carbonyl (C=O) groups excluding carboxylic acids is 1. The molecule has 1 amide bonds. The van der Waals surface area contributed by atoms with Crippen molar-refractivity contribution in [3.05, 3.63) is 35.4 Å². The SMILES string of the molecule is CN(C)CCN(C)C(=O)c1cccc(CN)c1. The maximum Gasteiger partial charge on any atom is 0.253 e. The quantitative estimate of drug-likeness (QED) is 0.820. The van der Waals surface area contributed by atoms with Gasteiger partial charge >= 0.3 is 0 Å². The summed E-state index contributed by atoms with van der Waals surface area (Å²) in [5.74, 6) is 0.0437. The van der Waals surface area contributed by atoms with E-state index in [0.29, 0.717) is 12.1 Å². The molecule has 0 radical (unpaired) electrons. The lowest BCUT2D eigenvalue weighted by atomic mass is 10.1. The van der Waals surface area contributed by atoms with Crippen molar-refractivity contribution in [2.45, 2.75) is 6.54 Å². The molecule has 0 aliphatic carbocycles. The van der Waals surface area contributed by atoms with Crippen LogP contribution in [0.1, 0.15) is 15.9 Å². The third-order valence-electron chi connectivity index (χ3n) is 2.64. The maximum absolute atomic E-state index is 12.1. The molecule has 1 aromatic carbocycles. The molecular formula is C13H21N3O. The van der Waals surface area contributed by atoms with Crippen LogP contribution in [0.25, 0.3) is 0 Å². The third-order valence-corrected chi connectivity index (χ3v) is 2.64. The summed E-state index contributed by atoms with van der Waals surface area (Å²) in [4.78, 5) is 15.9. The highest BCUT2D eigenvalue weighted by molar-refractivity contribution is 5.94. The van der Waals surface area contributed by atoms with Gasteiger partial charge in [0.25, 0.3) is 5.91 Å². The first-order valence-electron chi connectivity index (χ1n) is 5.73. The zero-order valence-electron chi connectivity index (χ0n) is 10.8. The Morgan fingerprint density at radius 3 is 2.53 bits per heavy atom. The van der Waals surface area contributed by atoms with Crippen molar-refractivity contribution in [2.75, 3.05) is 34.2 Å². The smallest absolute Gasteiger partial charge is 0.253 e. The predicted molar refractivity (Wildman–Crippen MR) is 69.8 cm³/mol. The number of likely N-dealkylation sites (N-methyl/N-ethyl adjacent to an activating group) is 2. The molecule has 0 unspecified atom stereocenters. The summed E-state index contributed by atoms with van der Waals surface area (Å²) in [6.45, 7) is 2.04. The third kappa shape index (κ3) is 4.17. The first-order chi connectivity index (χ1) is 8.04. The molecular weight excluding hydrogens is 214 g/mol.